The van der Waals surface area contributed by atoms with Gasteiger partial charge in [-0.1, -0.05) is 30.1 Å². The molecule has 1 N–H and O–H groups in total. The summed E-state index contributed by atoms with van der Waals surface area (Å²) in [4.78, 5) is 18.2. The molecule has 0 saturated heterocycles. The van der Waals surface area contributed by atoms with Crippen LogP contribution >= 0.6 is 23.2 Å². The SMILES string of the molecule is CC(c1cc(F)ccc1Cl)c1cnc2n1CCN(c1cn[nH]c(=O)c1Cl)C2. The maximum Gasteiger partial charge on any atom is 0.285 e. The molecule has 0 saturated carbocycles. The fourth-order valence-corrected chi connectivity index (χ4v) is 3.93. The first-order chi connectivity index (χ1) is 13.0. The van der Waals surface area contributed by atoms with Gasteiger partial charge in [0.1, 0.15) is 16.7 Å². The predicted molar refractivity (Wildman–Crippen MR) is 102 cm³/mol. The third-order valence-corrected chi connectivity index (χ3v) is 5.59. The van der Waals surface area contributed by atoms with Crippen LogP contribution in [0.1, 0.15) is 29.9 Å². The summed E-state index contributed by atoms with van der Waals surface area (Å²) < 4.78 is 15.8. The topological polar surface area (TPSA) is 66.8 Å². The normalized spacial score (nSPS) is 14.9. The van der Waals surface area contributed by atoms with Gasteiger partial charge in [-0.25, -0.2) is 14.5 Å². The van der Waals surface area contributed by atoms with Crippen LogP contribution in [0.5, 0.6) is 0 Å². The lowest BCUT2D eigenvalue weighted by molar-refractivity contribution is 0.536. The van der Waals surface area contributed by atoms with Gasteiger partial charge in [-0.3, -0.25) is 4.79 Å². The summed E-state index contributed by atoms with van der Waals surface area (Å²) in [6, 6.07) is 4.38. The highest BCUT2D eigenvalue weighted by molar-refractivity contribution is 6.33. The second-order valence-electron chi connectivity index (χ2n) is 6.46. The second-order valence-corrected chi connectivity index (χ2v) is 7.24. The number of nitrogens with zero attached hydrogens (tertiary/aromatic N) is 4. The molecule has 27 heavy (non-hydrogen) atoms. The fourth-order valence-electron chi connectivity index (χ4n) is 3.44. The number of hydrogen-bond donors (Lipinski definition) is 1. The molecule has 0 aliphatic carbocycles. The smallest absolute Gasteiger partial charge is 0.285 e. The number of aromatic amines is 1. The van der Waals surface area contributed by atoms with E-state index in [1.807, 2.05) is 11.8 Å². The van der Waals surface area contributed by atoms with Crippen molar-refractivity contribution in [1.29, 1.82) is 0 Å². The maximum absolute atomic E-state index is 13.7. The van der Waals surface area contributed by atoms with Crippen LogP contribution in [-0.2, 0) is 13.1 Å². The van der Waals surface area contributed by atoms with E-state index >= 15 is 0 Å². The predicted octanol–water partition coefficient (Wildman–Crippen LogP) is 3.58. The Morgan fingerprint density at radius 2 is 2.07 bits per heavy atom. The Morgan fingerprint density at radius 3 is 2.89 bits per heavy atom. The number of H-pyrrole nitrogens is 1. The Hall–Kier alpha value is -2.38. The van der Waals surface area contributed by atoms with E-state index in [0.29, 0.717) is 30.3 Å². The lowest BCUT2D eigenvalue weighted by Crippen LogP contribution is -2.35. The summed E-state index contributed by atoms with van der Waals surface area (Å²) in [5.74, 6) is 0.417. The van der Waals surface area contributed by atoms with E-state index in [2.05, 4.69) is 19.7 Å². The van der Waals surface area contributed by atoms with E-state index in [1.54, 1.807) is 18.5 Å². The van der Waals surface area contributed by atoms with Crippen molar-refractivity contribution >= 4 is 28.9 Å². The Labute approximate surface area is 164 Å². The van der Waals surface area contributed by atoms with Crippen molar-refractivity contribution in [2.24, 2.45) is 0 Å². The van der Waals surface area contributed by atoms with Crippen molar-refractivity contribution in [2.75, 3.05) is 11.4 Å². The van der Waals surface area contributed by atoms with Gasteiger partial charge in [-0.15, -0.1) is 0 Å². The summed E-state index contributed by atoms with van der Waals surface area (Å²) >= 11 is 12.4. The van der Waals surface area contributed by atoms with Crippen molar-refractivity contribution in [2.45, 2.75) is 25.9 Å². The monoisotopic (exact) mass is 407 g/mol. The maximum atomic E-state index is 13.7. The number of hydrogen-bond acceptors (Lipinski definition) is 4. The molecule has 140 valence electrons. The molecule has 1 unspecified atom stereocenters. The molecule has 0 amide bonds. The van der Waals surface area contributed by atoms with Crippen molar-refractivity contribution in [1.82, 2.24) is 19.7 Å². The molecule has 1 aliphatic heterocycles. The van der Waals surface area contributed by atoms with E-state index in [0.717, 1.165) is 17.1 Å². The van der Waals surface area contributed by atoms with E-state index in [9.17, 15) is 9.18 Å². The van der Waals surface area contributed by atoms with Crippen LogP contribution in [0.15, 0.2) is 35.4 Å². The standard InChI is InChI=1S/C18H16Cl2FN5O/c1-10(12-6-11(21)2-3-13(12)19)14-7-22-16-9-25(4-5-26(14)16)15-8-23-24-18(27)17(15)20/h2-3,6-8,10H,4-5,9H2,1H3,(H,24,27). The second kappa shape index (κ2) is 6.98. The van der Waals surface area contributed by atoms with Crippen LogP contribution in [-0.4, -0.2) is 26.3 Å². The molecule has 1 aliphatic rings. The summed E-state index contributed by atoms with van der Waals surface area (Å²) in [7, 11) is 0. The van der Waals surface area contributed by atoms with Crippen molar-refractivity contribution in [3.8, 4) is 0 Å². The molecule has 3 aromatic rings. The van der Waals surface area contributed by atoms with Gasteiger partial charge in [0.25, 0.3) is 5.56 Å². The molecule has 1 atom stereocenters. The Bertz CT molecular complexity index is 1060. The zero-order chi connectivity index (χ0) is 19.1. The van der Waals surface area contributed by atoms with Crippen molar-refractivity contribution in [3.05, 3.63) is 73.9 Å². The molecule has 3 heterocycles. The third-order valence-electron chi connectivity index (χ3n) is 4.88. The Morgan fingerprint density at radius 1 is 1.26 bits per heavy atom. The fraction of sp³-hybridized carbons (Fsp3) is 0.278. The van der Waals surface area contributed by atoms with Crippen LogP contribution in [0, 0.1) is 5.82 Å². The molecule has 9 heteroatoms. The van der Waals surface area contributed by atoms with Gasteiger partial charge in [0.05, 0.1) is 18.4 Å². The van der Waals surface area contributed by atoms with Crippen LogP contribution < -0.4 is 10.5 Å². The average molecular weight is 408 g/mol. The first-order valence-corrected chi connectivity index (χ1v) is 9.18. The molecule has 0 bridgehead atoms. The van der Waals surface area contributed by atoms with Crippen LogP contribution in [0.25, 0.3) is 0 Å². The summed E-state index contributed by atoms with van der Waals surface area (Å²) in [5.41, 5.74) is 1.85. The summed E-state index contributed by atoms with van der Waals surface area (Å²) in [6.07, 6.45) is 3.33. The molecule has 0 fully saturated rings. The molecule has 0 spiro atoms. The quantitative estimate of drug-likeness (QED) is 0.720. The van der Waals surface area contributed by atoms with Crippen LogP contribution in [0.3, 0.4) is 0 Å². The molecule has 6 nitrogen and oxygen atoms in total. The lowest BCUT2D eigenvalue weighted by Gasteiger charge is -2.31. The third kappa shape index (κ3) is 3.21. The van der Waals surface area contributed by atoms with E-state index in [4.69, 9.17) is 23.2 Å². The Kier molecular flexibility index (Phi) is 4.65. The minimum Gasteiger partial charge on any atom is -0.360 e. The first-order valence-electron chi connectivity index (χ1n) is 8.43. The molecule has 2 aromatic heterocycles. The lowest BCUT2D eigenvalue weighted by atomic mass is 9.97. The van der Waals surface area contributed by atoms with Gasteiger partial charge in [0, 0.05) is 35.9 Å². The highest BCUT2D eigenvalue weighted by Gasteiger charge is 2.25. The van der Waals surface area contributed by atoms with Gasteiger partial charge in [0.2, 0.25) is 0 Å². The molecular formula is C18H16Cl2FN5O. The van der Waals surface area contributed by atoms with Gasteiger partial charge in [-0.05, 0) is 23.8 Å². The molecule has 1 aromatic carbocycles. The van der Waals surface area contributed by atoms with E-state index < -0.39 is 5.56 Å². The summed E-state index contributed by atoms with van der Waals surface area (Å²) in [6.45, 7) is 3.78. The Balaban J connectivity index is 1.65. The number of imidazole rings is 1. The number of rotatable bonds is 3. The minimum atomic E-state index is -0.418. The number of anilines is 1. The molecule has 4 rings (SSSR count). The highest BCUT2D eigenvalue weighted by Crippen LogP contribution is 2.33. The number of halogens is 3. The molecule has 0 radical (unpaired) electrons. The summed E-state index contributed by atoms with van der Waals surface area (Å²) in [5, 5.41) is 6.79. The zero-order valence-electron chi connectivity index (χ0n) is 14.4. The van der Waals surface area contributed by atoms with Gasteiger partial charge >= 0.3 is 0 Å². The van der Waals surface area contributed by atoms with E-state index in [-0.39, 0.29) is 16.8 Å². The highest BCUT2D eigenvalue weighted by atomic mass is 35.5. The van der Waals surface area contributed by atoms with Gasteiger partial charge < -0.3 is 9.47 Å². The van der Waals surface area contributed by atoms with Crippen LogP contribution in [0.2, 0.25) is 10.0 Å². The van der Waals surface area contributed by atoms with Gasteiger partial charge in [-0.2, -0.15) is 5.10 Å². The number of fused-ring (bicyclic) bond motifs is 1. The molecular weight excluding hydrogens is 392 g/mol. The first kappa shape index (κ1) is 18.0. The largest absolute Gasteiger partial charge is 0.360 e. The average Bonchev–Trinajstić information content (AvgIpc) is 3.08. The van der Waals surface area contributed by atoms with Crippen molar-refractivity contribution in [3.63, 3.8) is 0 Å². The number of aromatic nitrogens is 4. The minimum absolute atomic E-state index is 0.106. The number of benzene rings is 1. The zero-order valence-corrected chi connectivity index (χ0v) is 15.9. The van der Waals surface area contributed by atoms with Gasteiger partial charge in [0.15, 0.2) is 0 Å². The van der Waals surface area contributed by atoms with Crippen molar-refractivity contribution < 1.29 is 4.39 Å². The van der Waals surface area contributed by atoms with Crippen LogP contribution in [0.4, 0.5) is 10.1 Å². The van der Waals surface area contributed by atoms with E-state index in [1.165, 1.54) is 12.1 Å². The number of nitrogens with one attached hydrogen (secondary N) is 1.